The molecule has 7 heteroatoms. The van der Waals surface area contributed by atoms with Crippen molar-refractivity contribution in [3.8, 4) is 0 Å². The van der Waals surface area contributed by atoms with Gasteiger partial charge in [0.05, 0.1) is 20.1 Å². The summed E-state index contributed by atoms with van der Waals surface area (Å²) in [7, 11) is 2.47. The lowest BCUT2D eigenvalue weighted by molar-refractivity contribution is -0.940. The number of piperidine rings is 2. The highest BCUT2D eigenvalue weighted by Gasteiger charge is 2.67. The minimum Gasteiger partial charge on any atom is -1.00 e. The highest BCUT2D eigenvalue weighted by Crippen LogP contribution is 2.67. The molecule has 41 heavy (non-hydrogen) atoms. The molecule has 2 heterocycles. The molecule has 0 aromatic carbocycles. The van der Waals surface area contributed by atoms with E-state index in [1.165, 1.54) is 90.1 Å². The van der Waals surface area contributed by atoms with E-state index in [2.05, 4.69) is 25.8 Å². The first kappa shape index (κ1) is 31.8. The van der Waals surface area contributed by atoms with Gasteiger partial charge in [0.25, 0.3) is 0 Å². The van der Waals surface area contributed by atoms with Crippen LogP contribution in [0.5, 0.6) is 0 Å². The summed E-state index contributed by atoms with van der Waals surface area (Å²) in [6, 6.07) is 0.796. The van der Waals surface area contributed by atoms with E-state index in [-0.39, 0.29) is 46.5 Å². The molecule has 10 atom stereocenters. The van der Waals surface area contributed by atoms with Gasteiger partial charge >= 0.3 is 11.9 Å². The van der Waals surface area contributed by atoms with Gasteiger partial charge < -0.3 is 30.9 Å². The van der Waals surface area contributed by atoms with E-state index < -0.39 is 0 Å². The van der Waals surface area contributed by atoms with E-state index >= 15 is 0 Å². The van der Waals surface area contributed by atoms with Gasteiger partial charge in [-0.15, -0.1) is 0 Å². The summed E-state index contributed by atoms with van der Waals surface area (Å²) in [5.41, 5.74) is 0.377. The average Bonchev–Trinajstić information content (AvgIpc) is 3.21. The van der Waals surface area contributed by atoms with E-state index in [1.807, 2.05) is 0 Å². The van der Waals surface area contributed by atoms with Crippen LogP contribution in [0.25, 0.3) is 0 Å². The monoisotopic (exact) mass is 636 g/mol. The number of quaternary nitrogens is 1. The fourth-order valence-corrected chi connectivity index (χ4v) is 11.7. The van der Waals surface area contributed by atoms with Crippen LogP contribution in [0, 0.1) is 34.5 Å². The van der Waals surface area contributed by atoms with Crippen LogP contribution in [0.15, 0.2) is 0 Å². The lowest BCUT2D eigenvalue weighted by Gasteiger charge is -2.62. The number of halogens is 1. The third-order valence-electron chi connectivity index (χ3n) is 13.7. The molecule has 0 bridgehead atoms. The van der Waals surface area contributed by atoms with Crippen LogP contribution in [-0.4, -0.2) is 78.8 Å². The first-order chi connectivity index (χ1) is 19.0. The molecule has 6 aliphatic rings. The van der Waals surface area contributed by atoms with Crippen molar-refractivity contribution in [3.63, 3.8) is 0 Å². The number of carbonyl (C=O) groups excluding carboxylic acids is 2. The Balaban J connectivity index is 0.00000337. The molecule has 0 N–H and O–H groups in total. The van der Waals surface area contributed by atoms with Gasteiger partial charge in [-0.1, -0.05) is 20.3 Å². The molecule has 4 saturated carbocycles. The third kappa shape index (κ3) is 5.56. The van der Waals surface area contributed by atoms with Gasteiger partial charge in [-0.3, -0.25) is 14.5 Å². The van der Waals surface area contributed by atoms with Gasteiger partial charge in [-0.25, -0.2) is 0 Å². The maximum absolute atomic E-state index is 12.5. The fraction of sp³-hybridized carbons (Fsp3) is 0.941. The Morgan fingerprint density at radius 2 is 1.46 bits per heavy atom. The minimum atomic E-state index is -0.111. The zero-order valence-electron chi connectivity index (χ0n) is 26.5. The van der Waals surface area contributed by atoms with Crippen LogP contribution in [0.2, 0.25) is 0 Å². The van der Waals surface area contributed by atoms with E-state index in [4.69, 9.17) is 9.47 Å². The lowest BCUT2D eigenvalue weighted by Crippen LogP contribution is -3.00. The highest BCUT2D eigenvalue weighted by molar-refractivity contribution is 5.66. The smallest absolute Gasteiger partial charge is 0.303 e. The quantitative estimate of drug-likeness (QED) is 0.351. The Labute approximate surface area is 260 Å². The van der Waals surface area contributed by atoms with E-state index in [0.29, 0.717) is 35.3 Å². The highest BCUT2D eigenvalue weighted by atomic mass is 79.9. The largest absolute Gasteiger partial charge is 1.00 e. The Morgan fingerprint density at radius 1 is 0.805 bits per heavy atom. The van der Waals surface area contributed by atoms with Gasteiger partial charge in [0, 0.05) is 31.7 Å². The van der Waals surface area contributed by atoms with E-state index in [0.717, 1.165) is 29.9 Å². The Bertz CT molecular complexity index is 964. The molecule has 0 amide bonds. The van der Waals surface area contributed by atoms with Gasteiger partial charge in [0.2, 0.25) is 0 Å². The van der Waals surface area contributed by atoms with Crippen molar-refractivity contribution in [2.24, 2.45) is 34.5 Å². The summed E-state index contributed by atoms with van der Waals surface area (Å²) in [5.74, 6) is 2.50. The number of fused-ring (bicyclic) bond motifs is 5. The van der Waals surface area contributed by atoms with Crippen LogP contribution >= 0.6 is 0 Å². The number of hydrogen-bond donors (Lipinski definition) is 0. The van der Waals surface area contributed by atoms with E-state index in [9.17, 15) is 9.59 Å². The number of likely N-dealkylation sites (tertiary alicyclic amines) is 2. The van der Waals surface area contributed by atoms with Crippen molar-refractivity contribution in [3.05, 3.63) is 0 Å². The minimum absolute atomic E-state index is 0. The number of hydrogen-bond acceptors (Lipinski definition) is 5. The summed E-state index contributed by atoms with van der Waals surface area (Å²) in [4.78, 5) is 27.4. The molecular formula is C34H57BrN2O4. The second kappa shape index (κ2) is 12.0. The molecule has 2 saturated heterocycles. The number of nitrogens with zero attached hydrogens (tertiary/aromatic N) is 2. The van der Waals surface area contributed by atoms with E-state index in [1.54, 1.807) is 13.8 Å². The molecule has 4 aliphatic carbocycles. The second-order valence-electron chi connectivity index (χ2n) is 15.8. The van der Waals surface area contributed by atoms with Crippen molar-refractivity contribution < 1.29 is 40.5 Å². The van der Waals surface area contributed by atoms with Crippen LogP contribution < -0.4 is 17.0 Å². The first-order valence-corrected chi connectivity index (χ1v) is 17.0. The SMILES string of the molecule is CC(=O)OC1CC2CC[C@@H]3[C@@H](CC[C@]4(C)C(OC(C)=O)C([N+]5(C)CCCCC5)C[C@@H]34)[C@@]2(C)CC1N1CCCCC1.[Br-]. The molecule has 5 unspecified atom stereocenters. The number of esters is 2. The molecule has 6 rings (SSSR count). The van der Waals surface area contributed by atoms with Crippen LogP contribution in [-0.2, 0) is 19.1 Å². The molecular weight excluding hydrogens is 580 g/mol. The predicted octanol–water partition coefficient (Wildman–Crippen LogP) is 2.97. The molecule has 0 aromatic heterocycles. The van der Waals surface area contributed by atoms with Gasteiger partial charge in [-0.05, 0) is 113 Å². The second-order valence-corrected chi connectivity index (χ2v) is 15.8. The van der Waals surface area contributed by atoms with Crippen molar-refractivity contribution >= 4 is 11.9 Å². The molecule has 0 radical (unpaired) electrons. The third-order valence-corrected chi connectivity index (χ3v) is 13.7. The Hall–Kier alpha value is -0.660. The first-order valence-electron chi connectivity index (χ1n) is 17.0. The number of carbonyl (C=O) groups is 2. The topological polar surface area (TPSA) is 55.8 Å². The Kier molecular flexibility index (Phi) is 9.32. The summed E-state index contributed by atoms with van der Waals surface area (Å²) in [6.07, 6.45) is 16.3. The summed E-state index contributed by atoms with van der Waals surface area (Å²) >= 11 is 0. The zero-order valence-corrected chi connectivity index (χ0v) is 28.1. The molecule has 6 fully saturated rings. The van der Waals surface area contributed by atoms with Crippen molar-refractivity contribution in [2.75, 3.05) is 33.2 Å². The van der Waals surface area contributed by atoms with Crippen molar-refractivity contribution in [2.45, 2.75) is 135 Å². The summed E-state index contributed by atoms with van der Waals surface area (Å²) in [5, 5.41) is 0. The van der Waals surface area contributed by atoms with Gasteiger partial charge in [-0.2, -0.15) is 0 Å². The maximum atomic E-state index is 12.5. The molecule has 0 spiro atoms. The molecule has 2 aliphatic heterocycles. The maximum Gasteiger partial charge on any atom is 0.303 e. The Morgan fingerprint density at radius 3 is 2.12 bits per heavy atom. The molecule has 0 aromatic rings. The number of rotatable bonds is 4. The summed E-state index contributed by atoms with van der Waals surface area (Å²) in [6.45, 7) is 13.1. The zero-order chi connectivity index (χ0) is 28.3. The summed E-state index contributed by atoms with van der Waals surface area (Å²) < 4.78 is 13.5. The van der Waals surface area contributed by atoms with Crippen LogP contribution in [0.1, 0.15) is 111 Å². The van der Waals surface area contributed by atoms with Crippen molar-refractivity contribution in [1.29, 1.82) is 0 Å². The van der Waals surface area contributed by atoms with Crippen LogP contribution in [0.4, 0.5) is 0 Å². The standard InChI is InChI=1S/C34H57N2O4.BrH/c1-23(37)39-31-20-25-12-13-26-27(34(25,4)22-29(31)35-16-8-6-9-17-35)14-15-33(3)28(26)21-30(32(33)40-24(2)38)36(5)18-10-7-11-19-36;/h25-32H,6-22H2,1-5H3;1H/q+1;/p-1/t25?,26-,27-,28+,29?,30?,31?,32?,33+,34+;/m1./s1. The van der Waals surface area contributed by atoms with Gasteiger partial charge in [0.15, 0.2) is 6.10 Å². The van der Waals surface area contributed by atoms with Crippen molar-refractivity contribution in [1.82, 2.24) is 4.90 Å². The molecule has 6 nitrogen and oxygen atoms in total. The normalized spacial score (nSPS) is 45.8. The number of likely N-dealkylation sites (N-methyl/N-ethyl adjacent to an activating group) is 1. The van der Waals surface area contributed by atoms with Gasteiger partial charge in [0.1, 0.15) is 12.1 Å². The fourth-order valence-electron chi connectivity index (χ4n) is 11.7. The molecule has 234 valence electrons. The average molecular weight is 638 g/mol. The number of ether oxygens (including phenoxy) is 2. The lowest BCUT2D eigenvalue weighted by atomic mass is 9.44. The van der Waals surface area contributed by atoms with Crippen LogP contribution in [0.3, 0.4) is 0 Å². The predicted molar refractivity (Wildman–Crippen MR) is 156 cm³/mol.